The molecule has 1 nitrogen and oxygen atoms in total. The largest absolute Gasteiger partial charge is 0.494 e. The maximum atomic E-state index is 5.70. The molecule has 3 rings (SSSR count). The quantitative estimate of drug-likeness (QED) is 0.500. The van der Waals surface area contributed by atoms with Crippen LogP contribution in [0.4, 0.5) is 0 Å². The van der Waals surface area contributed by atoms with E-state index in [9.17, 15) is 0 Å². The van der Waals surface area contributed by atoms with Crippen molar-refractivity contribution < 1.29 is 4.74 Å². The van der Waals surface area contributed by atoms with Crippen molar-refractivity contribution in [2.45, 2.75) is 45.4 Å². The van der Waals surface area contributed by atoms with Gasteiger partial charge in [-0.2, -0.15) is 0 Å². The smallest absolute Gasteiger partial charge is 0.119 e. The van der Waals surface area contributed by atoms with E-state index in [0.717, 1.165) is 11.7 Å². The van der Waals surface area contributed by atoms with Crippen LogP contribution in [0.5, 0.6) is 5.75 Å². The number of aryl methyl sites for hydroxylation is 1. The van der Waals surface area contributed by atoms with E-state index in [4.69, 9.17) is 16.3 Å². The lowest BCUT2D eigenvalue weighted by Crippen LogP contribution is -2.13. The summed E-state index contributed by atoms with van der Waals surface area (Å²) in [6.45, 7) is 2.72. The fraction of sp³-hybridized carbons (Fsp3) is 0.417. The highest BCUT2D eigenvalue weighted by Gasteiger charge is 2.19. The Kier molecular flexibility index (Phi) is 7.20. The topological polar surface area (TPSA) is 9.23 Å². The number of rotatable bonds is 7. The standard InChI is InChI=1S/C24H29ClO/c1-2-26-24-15-13-23(14-16-24)22-11-9-20(10-12-22)4-3-19-5-7-21(8-6-19)17-18-25/h9-19,21H,2-8H2,1H3/b18-17+/t19-,21-. The molecule has 0 spiro atoms. The Morgan fingerprint density at radius 1 is 0.923 bits per heavy atom. The molecule has 2 aromatic carbocycles. The van der Waals surface area contributed by atoms with Crippen molar-refractivity contribution in [1.82, 2.24) is 0 Å². The molecule has 0 atom stereocenters. The number of hydrogen-bond acceptors (Lipinski definition) is 1. The lowest BCUT2D eigenvalue weighted by molar-refractivity contribution is 0.296. The van der Waals surface area contributed by atoms with Crippen LogP contribution in [0, 0.1) is 11.8 Å². The van der Waals surface area contributed by atoms with Crippen molar-refractivity contribution in [3.63, 3.8) is 0 Å². The molecule has 138 valence electrons. The van der Waals surface area contributed by atoms with Gasteiger partial charge in [0.05, 0.1) is 6.61 Å². The summed E-state index contributed by atoms with van der Waals surface area (Å²) >= 11 is 5.70. The zero-order chi connectivity index (χ0) is 18.2. The zero-order valence-corrected chi connectivity index (χ0v) is 16.4. The number of allylic oxidation sites excluding steroid dienone is 1. The van der Waals surface area contributed by atoms with E-state index in [1.165, 1.54) is 55.2 Å². The van der Waals surface area contributed by atoms with E-state index >= 15 is 0 Å². The highest BCUT2D eigenvalue weighted by Crippen LogP contribution is 2.32. The molecule has 2 heteroatoms. The highest BCUT2D eigenvalue weighted by molar-refractivity contribution is 6.25. The molecule has 2 aromatic rings. The molecule has 0 aliphatic heterocycles. The summed E-state index contributed by atoms with van der Waals surface area (Å²) < 4.78 is 5.52. The number of halogens is 1. The van der Waals surface area contributed by atoms with Crippen LogP contribution < -0.4 is 4.74 Å². The molecular formula is C24H29ClO. The van der Waals surface area contributed by atoms with E-state index in [2.05, 4.69) is 42.5 Å². The van der Waals surface area contributed by atoms with Crippen LogP contribution in [-0.2, 0) is 6.42 Å². The van der Waals surface area contributed by atoms with Gasteiger partial charge in [0, 0.05) is 5.54 Å². The van der Waals surface area contributed by atoms with Crippen molar-refractivity contribution in [1.29, 1.82) is 0 Å². The van der Waals surface area contributed by atoms with Crippen molar-refractivity contribution in [2.24, 2.45) is 11.8 Å². The van der Waals surface area contributed by atoms with Gasteiger partial charge < -0.3 is 4.74 Å². The molecule has 1 aliphatic rings. The Morgan fingerprint density at radius 3 is 2.12 bits per heavy atom. The minimum atomic E-state index is 0.706. The molecule has 0 saturated heterocycles. The maximum Gasteiger partial charge on any atom is 0.119 e. The van der Waals surface area contributed by atoms with Crippen molar-refractivity contribution in [2.75, 3.05) is 6.61 Å². The van der Waals surface area contributed by atoms with E-state index in [0.29, 0.717) is 12.5 Å². The maximum absolute atomic E-state index is 5.70. The average Bonchev–Trinajstić information content (AvgIpc) is 2.69. The monoisotopic (exact) mass is 368 g/mol. The Morgan fingerprint density at radius 2 is 1.54 bits per heavy atom. The fourth-order valence-electron chi connectivity index (χ4n) is 3.92. The van der Waals surface area contributed by atoms with Gasteiger partial charge in [0.15, 0.2) is 0 Å². The molecule has 0 unspecified atom stereocenters. The third kappa shape index (κ3) is 5.38. The van der Waals surface area contributed by atoms with Gasteiger partial charge in [0.1, 0.15) is 5.75 Å². The van der Waals surface area contributed by atoms with Crippen molar-refractivity contribution in [3.05, 3.63) is 65.7 Å². The van der Waals surface area contributed by atoms with Gasteiger partial charge >= 0.3 is 0 Å². The minimum Gasteiger partial charge on any atom is -0.494 e. The van der Waals surface area contributed by atoms with E-state index in [1.54, 1.807) is 5.54 Å². The summed E-state index contributed by atoms with van der Waals surface area (Å²) in [4.78, 5) is 0. The predicted octanol–water partition coefficient (Wildman–Crippen LogP) is 7.24. The van der Waals surface area contributed by atoms with Gasteiger partial charge in [-0.05, 0) is 86.1 Å². The van der Waals surface area contributed by atoms with Crippen molar-refractivity contribution in [3.8, 4) is 16.9 Å². The van der Waals surface area contributed by atoms with Crippen LogP contribution >= 0.6 is 11.6 Å². The summed E-state index contributed by atoms with van der Waals surface area (Å²) in [5.74, 6) is 2.52. The second-order valence-electron chi connectivity index (χ2n) is 7.29. The second kappa shape index (κ2) is 9.83. The molecule has 0 bridgehead atoms. The van der Waals surface area contributed by atoms with Gasteiger partial charge in [0.25, 0.3) is 0 Å². The second-order valence-corrected chi connectivity index (χ2v) is 7.54. The third-order valence-electron chi connectivity index (χ3n) is 5.53. The molecule has 0 aromatic heterocycles. The Labute approximate surface area is 163 Å². The summed E-state index contributed by atoms with van der Waals surface area (Å²) in [6, 6.07) is 17.4. The van der Waals surface area contributed by atoms with Gasteiger partial charge in [0.2, 0.25) is 0 Å². The molecule has 1 saturated carbocycles. The molecule has 0 N–H and O–H groups in total. The first-order valence-corrected chi connectivity index (χ1v) is 10.3. The first-order valence-electron chi connectivity index (χ1n) is 9.87. The fourth-order valence-corrected chi connectivity index (χ4v) is 4.12. The van der Waals surface area contributed by atoms with Crippen LogP contribution in [-0.4, -0.2) is 6.61 Å². The van der Waals surface area contributed by atoms with Crippen LogP contribution in [0.25, 0.3) is 11.1 Å². The molecule has 26 heavy (non-hydrogen) atoms. The van der Waals surface area contributed by atoms with Crippen LogP contribution in [0.15, 0.2) is 60.1 Å². The van der Waals surface area contributed by atoms with Crippen LogP contribution in [0.1, 0.15) is 44.6 Å². The molecule has 1 fully saturated rings. The summed E-state index contributed by atoms with van der Waals surface area (Å²) in [7, 11) is 0. The SMILES string of the molecule is CCOc1ccc(-c2ccc(CC[C@H]3CC[C@H](/C=C/Cl)CC3)cc2)cc1. The first kappa shape index (κ1) is 19.0. The van der Waals surface area contributed by atoms with E-state index in [-0.39, 0.29) is 0 Å². The van der Waals surface area contributed by atoms with Crippen LogP contribution in [0.3, 0.4) is 0 Å². The van der Waals surface area contributed by atoms with E-state index < -0.39 is 0 Å². The summed E-state index contributed by atoms with van der Waals surface area (Å²) in [5.41, 5.74) is 5.65. The number of ether oxygens (including phenoxy) is 1. The van der Waals surface area contributed by atoms with Gasteiger partial charge in [-0.25, -0.2) is 0 Å². The van der Waals surface area contributed by atoms with Gasteiger partial charge in [-0.3, -0.25) is 0 Å². The first-order chi connectivity index (χ1) is 12.8. The number of benzene rings is 2. The Hall–Kier alpha value is -1.73. The molecule has 0 amide bonds. The Balaban J connectivity index is 1.50. The van der Waals surface area contributed by atoms with E-state index in [1.807, 2.05) is 19.1 Å². The molecule has 1 aliphatic carbocycles. The Bertz CT molecular complexity index is 679. The van der Waals surface area contributed by atoms with Gasteiger partial charge in [-0.1, -0.05) is 54.1 Å². The molecule has 0 radical (unpaired) electrons. The summed E-state index contributed by atoms with van der Waals surface area (Å²) in [5, 5.41) is 0. The minimum absolute atomic E-state index is 0.706. The van der Waals surface area contributed by atoms with Gasteiger partial charge in [-0.15, -0.1) is 0 Å². The lowest BCUT2D eigenvalue weighted by Gasteiger charge is -2.26. The normalized spacial score (nSPS) is 20.4. The number of hydrogen-bond donors (Lipinski definition) is 0. The predicted molar refractivity (Wildman–Crippen MR) is 112 cm³/mol. The van der Waals surface area contributed by atoms with Crippen molar-refractivity contribution >= 4 is 11.6 Å². The summed E-state index contributed by atoms with van der Waals surface area (Å²) in [6.07, 6.45) is 9.93. The molecule has 0 heterocycles. The highest BCUT2D eigenvalue weighted by atomic mass is 35.5. The molecular weight excluding hydrogens is 340 g/mol. The lowest BCUT2D eigenvalue weighted by atomic mass is 9.79. The third-order valence-corrected chi connectivity index (χ3v) is 5.68. The average molecular weight is 369 g/mol. The zero-order valence-electron chi connectivity index (χ0n) is 15.7. The van der Waals surface area contributed by atoms with Crippen LogP contribution in [0.2, 0.25) is 0 Å².